The lowest BCUT2D eigenvalue weighted by atomic mass is 10.2. The minimum atomic E-state index is -0.0581. The molecule has 0 amide bonds. The number of aromatic nitrogens is 1. The maximum Gasteiger partial charge on any atom is 0.211 e. The molecule has 0 unspecified atom stereocenters. The van der Waals surface area contributed by atoms with E-state index in [1.165, 1.54) is 19.5 Å². The zero-order valence-electron chi connectivity index (χ0n) is 15.8. The van der Waals surface area contributed by atoms with Crippen molar-refractivity contribution < 1.29 is 4.74 Å². The lowest BCUT2D eigenvalue weighted by Crippen LogP contribution is -2.38. The molecule has 7 nitrogen and oxygen atoms in total. The second kappa shape index (κ2) is 8.96. The van der Waals surface area contributed by atoms with Gasteiger partial charge in [0.05, 0.1) is 22.9 Å². The van der Waals surface area contributed by atoms with Crippen molar-refractivity contribution >= 4 is 23.0 Å². The van der Waals surface area contributed by atoms with E-state index in [1.54, 1.807) is 11.3 Å². The van der Waals surface area contributed by atoms with E-state index in [9.17, 15) is 0 Å². The van der Waals surface area contributed by atoms with Crippen LogP contribution in [-0.4, -0.2) is 47.8 Å². The number of nitrogens with two attached hydrogens (primary N) is 2. The lowest BCUT2D eigenvalue weighted by molar-refractivity contribution is 0.165. The summed E-state index contributed by atoms with van der Waals surface area (Å²) in [5.41, 5.74) is 13.4. The predicted molar refractivity (Wildman–Crippen MR) is 111 cm³/mol. The Balaban J connectivity index is 1.60. The Hall–Kier alpha value is -2.45. The van der Waals surface area contributed by atoms with E-state index >= 15 is 0 Å². The second-order valence-corrected chi connectivity index (χ2v) is 7.56. The molecule has 2 aromatic rings. The van der Waals surface area contributed by atoms with Crippen molar-refractivity contribution in [3.63, 3.8) is 0 Å². The molecule has 1 aliphatic rings. The van der Waals surface area contributed by atoms with Gasteiger partial charge in [0.15, 0.2) is 0 Å². The Morgan fingerprint density at radius 1 is 1.22 bits per heavy atom. The van der Waals surface area contributed by atoms with Crippen LogP contribution in [-0.2, 0) is 0 Å². The van der Waals surface area contributed by atoms with Crippen LogP contribution in [0, 0.1) is 6.92 Å². The van der Waals surface area contributed by atoms with Crippen LogP contribution in [0.5, 0.6) is 5.75 Å². The SMILES string of the molecule is C/C(=N\N=C(N)N)c1sc(-c2ccc(OCCCN3CCC3)cc2)nc1C. The quantitative estimate of drug-likeness (QED) is 0.314. The first-order valence-corrected chi connectivity index (χ1v) is 9.91. The summed E-state index contributed by atoms with van der Waals surface area (Å²) in [4.78, 5) is 8.07. The number of rotatable bonds is 8. The van der Waals surface area contributed by atoms with E-state index in [1.807, 2.05) is 38.1 Å². The Morgan fingerprint density at radius 2 is 1.96 bits per heavy atom. The largest absolute Gasteiger partial charge is 0.494 e. The molecule has 3 rings (SSSR count). The summed E-state index contributed by atoms with van der Waals surface area (Å²) >= 11 is 1.57. The Bertz CT molecular complexity index is 819. The van der Waals surface area contributed by atoms with Gasteiger partial charge in [-0.25, -0.2) is 4.98 Å². The fourth-order valence-corrected chi connectivity index (χ4v) is 3.82. The van der Waals surface area contributed by atoms with Crippen LogP contribution in [0.3, 0.4) is 0 Å². The predicted octanol–water partition coefficient (Wildman–Crippen LogP) is 2.59. The smallest absolute Gasteiger partial charge is 0.211 e. The van der Waals surface area contributed by atoms with Crippen molar-refractivity contribution in [3.8, 4) is 16.3 Å². The number of guanidine groups is 1. The van der Waals surface area contributed by atoms with Crippen molar-refractivity contribution in [1.29, 1.82) is 0 Å². The molecule has 0 saturated carbocycles. The van der Waals surface area contributed by atoms with Gasteiger partial charge in [-0.3, -0.25) is 0 Å². The van der Waals surface area contributed by atoms with Gasteiger partial charge in [-0.05, 0) is 64.0 Å². The molecule has 1 fully saturated rings. The van der Waals surface area contributed by atoms with Crippen LogP contribution < -0.4 is 16.2 Å². The number of aryl methyl sites for hydroxylation is 1. The molecule has 27 heavy (non-hydrogen) atoms. The van der Waals surface area contributed by atoms with E-state index in [0.29, 0.717) is 0 Å². The maximum atomic E-state index is 5.84. The second-order valence-electron chi connectivity index (χ2n) is 6.57. The topological polar surface area (TPSA) is 102 Å². The summed E-state index contributed by atoms with van der Waals surface area (Å²) in [7, 11) is 0. The van der Waals surface area contributed by atoms with Crippen LogP contribution in [0.25, 0.3) is 10.6 Å². The van der Waals surface area contributed by atoms with Crippen LogP contribution in [0.4, 0.5) is 0 Å². The molecule has 1 saturated heterocycles. The third-order valence-corrected chi connectivity index (χ3v) is 5.69. The van der Waals surface area contributed by atoms with Crippen molar-refractivity contribution in [2.75, 3.05) is 26.2 Å². The molecule has 8 heteroatoms. The van der Waals surface area contributed by atoms with Crippen molar-refractivity contribution in [3.05, 3.63) is 34.8 Å². The molecule has 1 aromatic heterocycles. The number of likely N-dealkylation sites (tertiary alicyclic amines) is 1. The number of nitrogens with zero attached hydrogens (tertiary/aromatic N) is 4. The molecule has 4 N–H and O–H groups in total. The average Bonchev–Trinajstić information content (AvgIpc) is 3.00. The number of hydrogen-bond donors (Lipinski definition) is 2. The first-order chi connectivity index (χ1) is 13.0. The molecule has 1 aromatic carbocycles. The molecule has 0 atom stereocenters. The average molecular weight is 387 g/mol. The van der Waals surface area contributed by atoms with E-state index < -0.39 is 0 Å². The number of benzene rings is 1. The zero-order valence-corrected chi connectivity index (χ0v) is 16.6. The highest BCUT2D eigenvalue weighted by atomic mass is 32.1. The molecule has 144 valence electrons. The molecule has 0 spiro atoms. The Kier molecular flexibility index (Phi) is 6.41. The highest BCUT2D eigenvalue weighted by Gasteiger charge is 2.13. The van der Waals surface area contributed by atoms with E-state index in [-0.39, 0.29) is 5.96 Å². The Morgan fingerprint density at radius 3 is 2.59 bits per heavy atom. The summed E-state index contributed by atoms with van der Waals surface area (Å²) in [5, 5.41) is 8.69. The van der Waals surface area contributed by atoms with Crippen LogP contribution in [0.15, 0.2) is 34.5 Å². The van der Waals surface area contributed by atoms with Gasteiger partial charge < -0.3 is 21.1 Å². The van der Waals surface area contributed by atoms with Crippen LogP contribution >= 0.6 is 11.3 Å². The summed E-state index contributed by atoms with van der Waals surface area (Å²) in [5.74, 6) is 0.832. The summed E-state index contributed by atoms with van der Waals surface area (Å²) in [6, 6.07) is 8.07. The zero-order chi connectivity index (χ0) is 19.2. The monoisotopic (exact) mass is 386 g/mol. The van der Waals surface area contributed by atoms with E-state index in [0.717, 1.165) is 52.2 Å². The fourth-order valence-electron chi connectivity index (χ4n) is 2.81. The Labute approximate surface area is 163 Å². The summed E-state index contributed by atoms with van der Waals surface area (Å²) < 4.78 is 5.84. The van der Waals surface area contributed by atoms with Gasteiger partial charge in [0.25, 0.3) is 0 Å². The van der Waals surface area contributed by atoms with Gasteiger partial charge in [-0.1, -0.05) is 0 Å². The number of hydrogen-bond acceptors (Lipinski definition) is 6. The molecule has 0 radical (unpaired) electrons. The van der Waals surface area contributed by atoms with Gasteiger partial charge in [0.1, 0.15) is 10.8 Å². The number of thiazole rings is 1. The summed E-state index contributed by atoms with van der Waals surface area (Å²) in [6.07, 6.45) is 2.39. The van der Waals surface area contributed by atoms with Crippen molar-refractivity contribution in [2.24, 2.45) is 21.7 Å². The van der Waals surface area contributed by atoms with E-state index in [2.05, 4.69) is 20.1 Å². The molecule has 1 aliphatic heterocycles. The fraction of sp³-hybridized carbons (Fsp3) is 0.421. The van der Waals surface area contributed by atoms with Crippen molar-refractivity contribution in [1.82, 2.24) is 9.88 Å². The summed E-state index contributed by atoms with van der Waals surface area (Å²) in [6.45, 7) is 8.17. The minimum Gasteiger partial charge on any atom is -0.494 e. The van der Waals surface area contributed by atoms with Gasteiger partial charge in [-0.2, -0.15) is 5.10 Å². The third kappa shape index (κ3) is 5.27. The first kappa shape index (κ1) is 19.3. The highest BCUT2D eigenvalue weighted by Crippen LogP contribution is 2.29. The maximum absolute atomic E-state index is 5.84. The van der Waals surface area contributed by atoms with Crippen molar-refractivity contribution in [2.45, 2.75) is 26.7 Å². The van der Waals surface area contributed by atoms with Gasteiger partial charge in [0.2, 0.25) is 5.96 Å². The van der Waals surface area contributed by atoms with Gasteiger partial charge in [-0.15, -0.1) is 16.4 Å². The molecular weight excluding hydrogens is 360 g/mol. The minimum absolute atomic E-state index is 0.0581. The molecule has 0 bridgehead atoms. The molecule has 0 aliphatic carbocycles. The number of ether oxygens (including phenoxy) is 1. The standard InChI is InChI=1S/C19H26N6OS/c1-13-17(14(2)23-24-19(20)21)27-18(22-13)15-5-7-16(8-6-15)26-12-4-11-25-9-3-10-25/h5-8H,3-4,9-12H2,1-2H3,(H4,20,21,24)/b23-14+. The lowest BCUT2D eigenvalue weighted by Gasteiger charge is -2.30. The first-order valence-electron chi connectivity index (χ1n) is 9.09. The molecule has 2 heterocycles. The molecular formula is C19H26N6OS. The van der Waals surface area contributed by atoms with Crippen LogP contribution in [0.2, 0.25) is 0 Å². The van der Waals surface area contributed by atoms with Gasteiger partial charge in [0, 0.05) is 12.1 Å². The third-order valence-electron chi connectivity index (χ3n) is 4.38. The van der Waals surface area contributed by atoms with E-state index in [4.69, 9.17) is 16.2 Å². The van der Waals surface area contributed by atoms with Gasteiger partial charge >= 0.3 is 0 Å². The normalized spacial score (nSPS) is 14.7. The highest BCUT2D eigenvalue weighted by molar-refractivity contribution is 7.17. The van der Waals surface area contributed by atoms with Crippen LogP contribution in [0.1, 0.15) is 30.3 Å².